The number of hydrogen-bond acceptors (Lipinski definition) is 5. The van der Waals surface area contributed by atoms with Gasteiger partial charge in [0.1, 0.15) is 0 Å². The van der Waals surface area contributed by atoms with Gasteiger partial charge < -0.3 is 19.9 Å². The highest BCUT2D eigenvalue weighted by Crippen LogP contribution is 2.42. The first-order chi connectivity index (χ1) is 11.0. The maximum atomic E-state index is 5.98. The van der Waals surface area contributed by atoms with Crippen LogP contribution in [-0.4, -0.2) is 41.9 Å². The van der Waals surface area contributed by atoms with Gasteiger partial charge in [-0.15, -0.1) is 0 Å². The largest absolute Gasteiger partial charge is 0.378 e. The molecule has 130 valence electrons. The number of hydrogen-bond donors (Lipinski definition) is 2. The van der Waals surface area contributed by atoms with Crippen molar-refractivity contribution in [2.45, 2.75) is 65.6 Å². The van der Waals surface area contributed by atoms with Gasteiger partial charge in [0.2, 0.25) is 5.89 Å². The van der Waals surface area contributed by atoms with Crippen molar-refractivity contribution in [3.05, 3.63) is 11.7 Å². The van der Waals surface area contributed by atoms with Gasteiger partial charge in [0.05, 0.1) is 12.6 Å². The molecule has 23 heavy (non-hydrogen) atoms. The fourth-order valence-corrected chi connectivity index (χ4v) is 2.72. The third-order valence-corrected chi connectivity index (χ3v) is 4.51. The van der Waals surface area contributed by atoms with Crippen molar-refractivity contribution in [3.63, 3.8) is 0 Å². The van der Waals surface area contributed by atoms with Crippen molar-refractivity contribution in [1.29, 1.82) is 0 Å². The molecule has 0 radical (unpaired) electrons. The predicted molar refractivity (Wildman–Crippen MR) is 89.2 cm³/mol. The first-order valence-corrected chi connectivity index (χ1v) is 8.35. The Morgan fingerprint density at radius 3 is 2.83 bits per heavy atom. The smallest absolute Gasteiger partial charge is 0.223 e. The molecule has 0 aliphatic heterocycles. The van der Waals surface area contributed by atoms with E-state index in [-0.39, 0.29) is 5.41 Å². The normalized spacial score (nSPS) is 23.4. The van der Waals surface area contributed by atoms with Crippen LogP contribution in [-0.2, 0) is 11.3 Å². The first kappa shape index (κ1) is 17.7. The Hall–Kier alpha value is -1.63. The molecule has 1 aromatic heterocycles. The number of aliphatic imine (C=N–C) groups is 1. The van der Waals surface area contributed by atoms with E-state index >= 15 is 0 Å². The summed E-state index contributed by atoms with van der Waals surface area (Å²) in [4.78, 5) is 8.43. The second kappa shape index (κ2) is 7.77. The highest BCUT2D eigenvalue weighted by molar-refractivity contribution is 5.80. The zero-order chi connectivity index (χ0) is 16.9. The molecular weight excluding hydrogens is 294 g/mol. The van der Waals surface area contributed by atoms with Gasteiger partial charge in [0.25, 0.3) is 0 Å². The average molecular weight is 323 g/mol. The van der Waals surface area contributed by atoms with Crippen molar-refractivity contribution in [2.75, 3.05) is 13.7 Å². The number of ether oxygens (including phenoxy) is 1. The van der Waals surface area contributed by atoms with E-state index in [9.17, 15) is 0 Å². The van der Waals surface area contributed by atoms with Crippen LogP contribution in [0.5, 0.6) is 0 Å². The number of aryl methyl sites for hydroxylation is 1. The Labute approximate surface area is 138 Å². The summed E-state index contributed by atoms with van der Waals surface area (Å²) in [7, 11) is 1.76. The Morgan fingerprint density at radius 2 is 2.26 bits per heavy atom. The van der Waals surface area contributed by atoms with Crippen molar-refractivity contribution >= 4 is 5.96 Å². The van der Waals surface area contributed by atoms with Gasteiger partial charge >= 0.3 is 0 Å². The summed E-state index contributed by atoms with van der Waals surface area (Å²) in [6.45, 7) is 9.77. The second-order valence-electron chi connectivity index (χ2n) is 6.62. The van der Waals surface area contributed by atoms with Crippen LogP contribution in [0.1, 0.15) is 51.7 Å². The summed E-state index contributed by atoms with van der Waals surface area (Å²) in [5.74, 6) is 1.94. The second-order valence-corrected chi connectivity index (χ2v) is 6.62. The van der Waals surface area contributed by atoms with Crippen molar-refractivity contribution in [2.24, 2.45) is 10.4 Å². The molecule has 7 nitrogen and oxygen atoms in total. The summed E-state index contributed by atoms with van der Waals surface area (Å²) >= 11 is 0. The molecule has 0 aromatic carbocycles. The molecule has 7 heteroatoms. The molecule has 1 fully saturated rings. The van der Waals surface area contributed by atoms with Gasteiger partial charge in [-0.05, 0) is 12.8 Å². The fraction of sp³-hybridized carbons (Fsp3) is 0.812. The molecule has 1 aliphatic rings. The molecule has 1 heterocycles. The molecule has 2 rings (SSSR count). The molecule has 2 N–H and O–H groups in total. The van der Waals surface area contributed by atoms with Gasteiger partial charge in [-0.3, -0.25) is 4.99 Å². The molecule has 1 aromatic rings. The van der Waals surface area contributed by atoms with Crippen LogP contribution in [0.3, 0.4) is 0 Å². The summed E-state index contributed by atoms with van der Waals surface area (Å²) in [6, 6.07) is 0.340. The lowest BCUT2D eigenvalue weighted by atomic mass is 9.64. The van der Waals surface area contributed by atoms with E-state index in [1.807, 2.05) is 0 Å². The molecule has 0 saturated heterocycles. The van der Waals surface area contributed by atoms with Gasteiger partial charge in [-0.2, -0.15) is 4.98 Å². The fourth-order valence-electron chi connectivity index (χ4n) is 2.72. The Morgan fingerprint density at radius 1 is 1.48 bits per heavy atom. The quantitative estimate of drug-likeness (QED) is 0.454. The summed E-state index contributed by atoms with van der Waals surface area (Å²) in [5.41, 5.74) is 0.0914. The zero-order valence-corrected chi connectivity index (χ0v) is 14.8. The van der Waals surface area contributed by atoms with Gasteiger partial charge in [0, 0.05) is 32.0 Å². The molecule has 1 saturated carbocycles. The summed E-state index contributed by atoms with van der Waals surface area (Å²) < 4.78 is 10.9. The van der Waals surface area contributed by atoms with E-state index in [1.165, 1.54) is 6.42 Å². The number of rotatable bonds is 7. The number of aromatic nitrogens is 2. The number of nitrogens with zero attached hydrogens (tertiary/aromatic N) is 3. The van der Waals surface area contributed by atoms with E-state index in [0.29, 0.717) is 30.4 Å². The average Bonchev–Trinajstić information content (AvgIpc) is 2.94. The van der Waals surface area contributed by atoms with Crippen LogP contribution in [0.25, 0.3) is 0 Å². The number of guanidine groups is 1. The van der Waals surface area contributed by atoms with Crippen molar-refractivity contribution in [3.8, 4) is 0 Å². The SMILES string of the molecule is CCCCO[C@@H]1C[C@H](NC(=NC)NCc2noc(C)n2)C1(C)C. The molecule has 0 spiro atoms. The van der Waals surface area contributed by atoms with Crippen LogP contribution in [0.4, 0.5) is 0 Å². The van der Waals surface area contributed by atoms with E-state index in [2.05, 4.69) is 46.5 Å². The maximum absolute atomic E-state index is 5.98. The van der Waals surface area contributed by atoms with E-state index in [4.69, 9.17) is 9.26 Å². The van der Waals surface area contributed by atoms with Crippen molar-refractivity contribution in [1.82, 2.24) is 20.8 Å². The third-order valence-electron chi connectivity index (χ3n) is 4.51. The van der Waals surface area contributed by atoms with Crippen molar-refractivity contribution < 1.29 is 9.26 Å². The number of nitrogens with one attached hydrogen (secondary N) is 2. The first-order valence-electron chi connectivity index (χ1n) is 8.35. The highest BCUT2D eigenvalue weighted by atomic mass is 16.5. The lowest BCUT2D eigenvalue weighted by Gasteiger charge is -2.52. The Balaban J connectivity index is 1.78. The topological polar surface area (TPSA) is 84.6 Å². The van der Waals surface area contributed by atoms with Gasteiger partial charge in [-0.1, -0.05) is 32.3 Å². The minimum atomic E-state index is 0.0914. The highest BCUT2D eigenvalue weighted by Gasteiger charge is 2.49. The van der Waals surface area contributed by atoms with Gasteiger partial charge in [-0.25, -0.2) is 0 Å². The lowest BCUT2D eigenvalue weighted by molar-refractivity contribution is -0.113. The molecule has 0 bridgehead atoms. The predicted octanol–water partition coefficient (Wildman–Crippen LogP) is 2.03. The third kappa shape index (κ3) is 4.43. The molecule has 2 atom stereocenters. The molecular formula is C16H29N5O2. The Bertz CT molecular complexity index is 526. The minimum absolute atomic E-state index is 0.0914. The van der Waals surface area contributed by atoms with Crippen LogP contribution in [0.15, 0.2) is 9.52 Å². The monoisotopic (exact) mass is 323 g/mol. The van der Waals surface area contributed by atoms with E-state index in [0.717, 1.165) is 25.4 Å². The maximum Gasteiger partial charge on any atom is 0.223 e. The molecule has 1 aliphatic carbocycles. The Kier molecular flexibility index (Phi) is 5.98. The lowest BCUT2D eigenvalue weighted by Crippen LogP contribution is -2.63. The molecule has 0 amide bonds. The zero-order valence-electron chi connectivity index (χ0n) is 14.8. The minimum Gasteiger partial charge on any atom is -0.378 e. The van der Waals surface area contributed by atoms with Crippen LogP contribution in [0, 0.1) is 12.3 Å². The van der Waals surface area contributed by atoms with Crippen LogP contribution in [0.2, 0.25) is 0 Å². The van der Waals surface area contributed by atoms with Crippen LogP contribution < -0.4 is 10.6 Å². The van der Waals surface area contributed by atoms with Crippen LogP contribution >= 0.6 is 0 Å². The molecule has 0 unspecified atom stereocenters. The number of unbranched alkanes of at least 4 members (excludes halogenated alkanes) is 1. The summed E-state index contributed by atoms with van der Waals surface area (Å²) in [5, 5.41) is 10.5. The van der Waals surface area contributed by atoms with E-state index in [1.54, 1.807) is 14.0 Å². The summed E-state index contributed by atoms with van der Waals surface area (Å²) in [6.07, 6.45) is 3.60. The van der Waals surface area contributed by atoms with Gasteiger partial charge in [0.15, 0.2) is 11.8 Å². The standard InChI is InChI=1S/C16H29N5O2/c1-6-7-8-22-13-9-12(16(13,3)4)20-15(17-5)18-10-14-19-11(2)23-21-14/h12-13H,6-10H2,1-5H3,(H2,17,18,20)/t12-,13+/m0/s1. The van der Waals surface area contributed by atoms with E-state index < -0.39 is 0 Å².